The zero-order valence-corrected chi connectivity index (χ0v) is 10.2. The van der Waals surface area contributed by atoms with Crippen LogP contribution in [0.3, 0.4) is 0 Å². The van der Waals surface area contributed by atoms with Crippen molar-refractivity contribution < 1.29 is 0 Å². The lowest BCUT2D eigenvalue weighted by atomic mass is 10.2. The zero-order valence-electron chi connectivity index (χ0n) is 10.2. The highest BCUT2D eigenvalue weighted by Gasteiger charge is 2.16. The van der Waals surface area contributed by atoms with Gasteiger partial charge in [-0.3, -0.25) is 0 Å². The van der Waals surface area contributed by atoms with Gasteiger partial charge in [0.15, 0.2) is 5.65 Å². The summed E-state index contributed by atoms with van der Waals surface area (Å²) in [5.41, 5.74) is 2.93. The number of aromatic nitrogens is 3. The highest BCUT2D eigenvalue weighted by atomic mass is 15.3. The molecule has 17 heavy (non-hydrogen) atoms. The van der Waals surface area contributed by atoms with E-state index in [9.17, 15) is 0 Å². The lowest BCUT2D eigenvalue weighted by Crippen LogP contribution is -2.23. The normalized spacial score (nSPS) is 20.0. The number of aryl methyl sites for hydroxylation is 2. The van der Waals surface area contributed by atoms with Crippen LogP contribution in [0.2, 0.25) is 0 Å². The summed E-state index contributed by atoms with van der Waals surface area (Å²) in [6, 6.07) is 4.55. The molecule has 2 aromatic heterocycles. The van der Waals surface area contributed by atoms with Gasteiger partial charge in [0.1, 0.15) is 5.82 Å². The molecule has 0 amide bonds. The molecule has 90 valence electrons. The Morgan fingerprint density at radius 3 is 3.00 bits per heavy atom. The summed E-state index contributed by atoms with van der Waals surface area (Å²) < 4.78 is 1.89. The maximum atomic E-state index is 4.48. The number of hydrogen-bond acceptors (Lipinski definition) is 4. The van der Waals surface area contributed by atoms with E-state index in [0.717, 1.165) is 42.4 Å². The molecule has 5 heteroatoms. The SMILES string of the molecule is Cc1cc(NC2CCNC2)n2nc(C)cc2n1. The average molecular weight is 231 g/mol. The monoisotopic (exact) mass is 231 g/mol. The number of nitrogens with one attached hydrogen (secondary N) is 2. The van der Waals surface area contributed by atoms with Crippen LogP contribution in [0.4, 0.5) is 5.82 Å². The van der Waals surface area contributed by atoms with Gasteiger partial charge in [0.2, 0.25) is 0 Å². The molecule has 0 aromatic carbocycles. The van der Waals surface area contributed by atoms with E-state index in [1.54, 1.807) is 0 Å². The van der Waals surface area contributed by atoms with Gasteiger partial charge >= 0.3 is 0 Å². The first-order valence-electron chi connectivity index (χ1n) is 6.04. The first kappa shape index (κ1) is 10.5. The van der Waals surface area contributed by atoms with Crippen LogP contribution in [0.15, 0.2) is 12.1 Å². The van der Waals surface area contributed by atoms with E-state index in [-0.39, 0.29) is 0 Å². The Balaban J connectivity index is 2.01. The van der Waals surface area contributed by atoms with E-state index in [2.05, 4.69) is 26.8 Å². The second kappa shape index (κ2) is 4.00. The molecule has 1 saturated heterocycles. The van der Waals surface area contributed by atoms with Gasteiger partial charge in [-0.2, -0.15) is 9.61 Å². The molecule has 3 rings (SSSR count). The molecule has 5 nitrogen and oxygen atoms in total. The molecule has 3 heterocycles. The summed E-state index contributed by atoms with van der Waals surface area (Å²) >= 11 is 0. The molecule has 0 aliphatic carbocycles. The Morgan fingerprint density at radius 1 is 1.35 bits per heavy atom. The minimum Gasteiger partial charge on any atom is -0.366 e. The van der Waals surface area contributed by atoms with Crippen LogP contribution in [0.25, 0.3) is 5.65 Å². The van der Waals surface area contributed by atoms with Gasteiger partial charge in [0.05, 0.1) is 5.69 Å². The van der Waals surface area contributed by atoms with Crippen molar-refractivity contribution in [3.05, 3.63) is 23.5 Å². The fraction of sp³-hybridized carbons (Fsp3) is 0.500. The molecule has 0 spiro atoms. The van der Waals surface area contributed by atoms with Crippen molar-refractivity contribution in [1.29, 1.82) is 0 Å². The predicted octanol–water partition coefficient (Wildman–Crippen LogP) is 1.12. The van der Waals surface area contributed by atoms with E-state index >= 15 is 0 Å². The van der Waals surface area contributed by atoms with Crippen molar-refractivity contribution in [1.82, 2.24) is 19.9 Å². The van der Waals surface area contributed by atoms with Gasteiger partial charge in [-0.05, 0) is 26.8 Å². The molecular weight excluding hydrogens is 214 g/mol. The van der Waals surface area contributed by atoms with Crippen LogP contribution in [0.1, 0.15) is 17.8 Å². The molecule has 0 saturated carbocycles. The number of nitrogens with zero attached hydrogens (tertiary/aromatic N) is 3. The summed E-state index contributed by atoms with van der Waals surface area (Å²) in [4.78, 5) is 4.48. The van der Waals surface area contributed by atoms with E-state index in [1.165, 1.54) is 0 Å². The van der Waals surface area contributed by atoms with Gasteiger partial charge in [-0.15, -0.1) is 0 Å². The minimum absolute atomic E-state index is 0.490. The number of fused-ring (bicyclic) bond motifs is 1. The van der Waals surface area contributed by atoms with E-state index < -0.39 is 0 Å². The summed E-state index contributed by atoms with van der Waals surface area (Å²) in [7, 11) is 0. The number of rotatable bonds is 2. The van der Waals surface area contributed by atoms with Crippen molar-refractivity contribution in [2.75, 3.05) is 18.4 Å². The molecule has 1 fully saturated rings. The van der Waals surface area contributed by atoms with Crippen LogP contribution < -0.4 is 10.6 Å². The third kappa shape index (κ3) is 1.98. The molecule has 2 N–H and O–H groups in total. The van der Waals surface area contributed by atoms with Crippen molar-refractivity contribution in [3.63, 3.8) is 0 Å². The van der Waals surface area contributed by atoms with Crippen LogP contribution in [-0.4, -0.2) is 33.7 Å². The van der Waals surface area contributed by atoms with Gasteiger partial charge in [0.25, 0.3) is 0 Å². The summed E-state index contributed by atoms with van der Waals surface area (Å²) in [5, 5.41) is 11.4. The van der Waals surface area contributed by atoms with Gasteiger partial charge in [0, 0.05) is 30.4 Å². The second-order valence-electron chi connectivity index (χ2n) is 4.67. The average Bonchev–Trinajstić information content (AvgIpc) is 2.86. The fourth-order valence-electron chi connectivity index (χ4n) is 2.30. The smallest absolute Gasteiger partial charge is 0.157 e. The van der Waals surface area contributed by atoms with Crippen LogP contribution >= 0.6 is 0 Å². The molecule has 0 radical (unpaired) electrons. The van der Waals surface area contributed by atoms with E-state index in [0.29, 0.717) is 6.04 Å². The molecule has 0 bridgehead atoms. The highest BCUT2D eigenvalue weighted by Crippen LogP contribution is 2.15. The number of hydrogen-bond donors (Lipinski definition) is 2. The lowest BCUT2D eigenvalue weighted by Gasteiger charge is -2.14. The Bertz CT molecular complexity index is 539. The summed E-state index contributed by atoms with van der Waals surface area (Å²) in [6.45, 7) is 6.11. The molecule has 1 unspecified atom stereocenters. The van der Waals surface area contributed by atoms with Crippen LogP contribution in [0.5, 0.6) is 0 Å². The van der Waals surface area contributed by atoms with E-state index in [1.807, 2.05) is 24.4 Å². The highest BCUT2D eigenvalue weighted by molar-refractivity contribution is 5.50. The van der Waals surface area contributed by atoms with Crippen molar-refractivity contribution in [2.24, 2.45) is 0 Å². The fourth-order valence-corrected chi connectivity index (χ4v) is 2.30. The first-order chi connectivity index (χ1) is 8.22. The molecule has 2 aromatic rings. The van der Waals surface area contributed by atoms with Crippen molar-refractivity contribution in [3.8, 4) is 0 Å². The van der Waals surface area contributed by atoms with Crippen LogP contribution in [-0.2, 0) is 0 Å². The van der Waals surface area contributed by atoms with Crippen molar-refractivity contribution in [2.45, 2.75) is 26.3 Å². The standard InChI is InChI=1S/C12H17N5/c1-8-5-12(15-10-3-4-13-7-10)17-11(14-8)6-9(2)16-17/h5-6,10,13,15H,3-4,7H2,1-2H3. The maximum Gasteiger partial charge on any atom is 0.157 e. The minimum atomic E-state index is 0.490. The summed E-state index contributed by atoms with van der Waals surface area (Å²) in [5.74, 6) is 1.04. The topological polar surface area (TPSA) is 54.2 Å². The maximum absolute atomic E-state index is 4.48. The predicted molar refractivity (Wildman–Crippen MR) is 67.4 cm³/mol. The van der Waals surface area contributed by atoms with Crippen molar-refractivity contribution >= 4 is 11.5 Å². The molecule has 1 aliphatic rings. The Kier molecular flexibility index (Phi) is 2.48. The quantitative estimate of drug-likeness (QED) is 0.813. The number of anilines is 1. The van der Waals surface area contributed by atoms with Gasteiger partial charge < -0.3 is 10.6 Å². The Morgan fingerprint density at radius 2 is 2.24 bits per heavy atom. The third-order valence-electron chi connectivity index (χ3n) is 3.09. The van der Waals surface area contributed by atoms with Gasteiger partial charge in [-0.25, -0.2) is 4.98 Å². The zero-order chi connectivity index (χ0) is 11.8. The van der Waals surface area contributed by atoms with E-state index in [4.69, 9.17) is 0 Å². The Hall–Kier alpha value is -1.62. The second-order valence-corrected chi connectivity index (χ2v) is 4.67. The summed E-state index contributed by atoms with van der Waals surface area (Å²) in [6.07, 6.45) is 1.16. The third-order valence-corrected chi connectivity index (χ3v) is 3.09. The lowest BCUT2D eigenvalue weighted by molar-refractivity contribution is 0.772. The van der Waals surface area contributed by atoms with Crippen LogP contribution in [0, 0.1) is 13.8 Å². The van der Waals surface area contributed by atoms with Gasteiger partial charge in [-0.1, -0.05) is 0 Å². The Labute approximate surface area is 100 Å². The molecular formula is C12H17N5. The first-order valence-corrected chi connectivity index (χ1v) is 6.04. The molecule has 1 aliphatic heterocycles. The largest absolute Gasteiger partial charge is 0.366 e. The molecule has 1 atom stereocenters.